The highest BCUT2D eigenvalue weighted by Crippen LogP contribution is 2.41. The highest BCUT2D eigenvalue weighted by Gasteiger charge is 2.20. The van der Waals surface area contributed by atoms with Gasteiger partial charge in [0.25, 0.3) is 0 Å². The summed E-state index contributed by atoms with van der Waals surface area (Å²) in [6.45, 7) is 0. The highest BCUT2D eigenvalue weighted by atomic mass is 15.0. The fourth-order valence-corrected chi connectivity index (χ4v) is 7.25. The second-order valence-electron chi connectivity index (χ2n) is 11.3. The number of rotatable bonds is 2. The number of benzene rings is 6. The van der Waals surface area contributed by atoms with Gasteiger partial charge in [0, 0.05) is 56.1 Å². The SMILES string of the molecule is c1ccc(-n2c3ccccc3c3cc4c(cc32)c2cc3c(cc2n4-c2ccccc2)c2ccccc2c2nccn32)cc1. The second kappa shape index (κ2) is 8.34. The molecule has 0 aliphatic rings. The van der Waals surface area contributed by atoms with Gasteiger partial charge >= 0.3 is 0 Å². The van der Waals surface area contributed by atoms with Crippen LogP contribution in [-0.2, 0) is 0 Å². The van der Waals surface area contributed by atoms with Crippen molar-refractivity contribution in [1.29, 1.82) is 0 Å². The van der Waals surface area contributed by atoms with Crippen LogP contribution in [-0.4, -0.2) is 18.5 Å². The molecule has 0 atom stereocenters. The normalized spacial score (nSPS) is 12.2. The summed E-state index contributed by atoms with van der Waals surface area (Å²) in [7, 11) is 0. The predicted octanol–water partition coefficient (Wildman–Crippen LogP) is 9.83. The average molecular weight is 549 g/mol. The van der Waals surface area contributed by atoms with Gasteiger partial charge in [-0.1, -0.05) is 78.9 Å². The van der Waals surface area contributed by atoms with E-state index in [0.29, 0.717) is 0 Å². The van der Waals surface area contributed by atoms with Crippen LogP contribution in [0.1, 0.15) is 0 Å². The average Bonchev–Trinajstić information content (AvgIpc) is 3.77. The summed E-state index contributed by atoms with van der Waals surface area (Å²) in [6, 6.07) is 48.3. The first-order valence-electron chi connectivity index (χ1n) is 14.6. The van der Waals surface area contributed by atoms with Crippen molar-refractivity contribution in [2.45, 2.75) is 0 Å². The Bertz CT molecular complexity index is 2710. The smallest absolute Gasteiger partial charge is 0.145 e. The molecule has 6 aromatic carbocycles. The van der Waals surface area contributed by atoms with E-state index in [1.807, 2.05) is 6.20 Å². The maximum atomic E-state index is 4.76. The molecule has 10 rings (SSSR count). The zero-order valence-corrected chi connectivity index (χ0v) is 23.1. The first-order valence-corrected chi connectivity index (χ1v) is 14.6. The number of para-hydroxylation sites is 3. The van der Waals surface area contributed by atoms with Crippen LogP contribution in [0.2, 0.25) is 0 Å². The first kappa shape index (κ1) is 22.8. The molecule has 0 saturated heterocycles. The third-order valence-electron chi connectivity index (χ3n) is 9.06. The molecule has 10 aromatic rings. The Balaban J connectivity index is 1.45. The quantitative estimate of drug-likeness (QED) is 0.198. The summed E-state index contributed by atoms with van der Waals surface area (Å²) in [5, 5.41) is 8.56. The predicted molar refractivity (Wildman–Crippen MR) is 179 cm³/mol. The second-order valence-corrected chi connectivity index (χ2v) is 11.3. The molecule has 43 heavy (non-hydrogen) atoms. The monoisotopic (exact) mass is 548 g/mol. The van der Waals surface area contributed by atoms with Gasteiger partial charge in [-0.05, 0) is 60.0 Å². The molecule has 0 N–H and O–H groups in total. The van der Waals surface area contributed by atoms with Gasteiger partial charge < -0.3 is 9.13 Å². The van der Waals surface area contributed by atoms with Gasteiger partial charge in [-0.3, -0.25) is 4.40 Å². The van der Waals surface area contributed by atoms with E-state index in [-0.39, 0.29) is 0 Å². The molecule has 0 spiro atoms. The van der Waals surface area contributed by atoms with E-state index >= 15 is 0 Å². The van der Waals surface area contributed by atoms with Crippen LogP contribution in [0.25, 0.3) is 82.3 Å². The molecule has 0 amide bonds. The number of hydrogen-bond donors (Lipinski definition) is 0. The van der Waals surface area contributed by atoms with E-state index in [1.54, 1.807) is 0 Å². The van der Waals surface area contributed by atoms with Crippen LogP contribution in [0.3, 0.4) is 0 Å². The lowest BCUT2D eigenvalue weighted by molar-refractivity contribution is 1.17. The Kier molecular flexibility index (Phi) is 4.42. The van der Waals surface area contributed by atoms with Crippen molar-refractivity contribution in [3.05, 3.63) is 146 Å². The third kappa shape index (κ3) is 3.02. The molecule has 4 heteroatoms. The van der Waals surface area contributed by atoms with Crippen LogP contribution < -0.4 is 0 Å². The molecule has 0 saturated carbocycles. The first-order chi connectivity index (χ1) is 21.3. The van der Waals surface area contributed by atoms with Crippen molar-refractivity contribution >= 4 is 70.9 Å². The van der Waals surface area contributed by atoms with Gasteiger partial charge in [0.05, 0.1) is 27.6 Å². The Morgan fingerprint density at radius 1 is 0.372 bits per heavy atom. The molecular weight excluding hydrogens is 524 g/mol. The van der Waals surface area contributed by atoms with Gasteiger partial charge in [-0.2, -0.15) is 0 Å². The van der Waals surface area contributed by atoms with Crippen molar-refractivity contribution in [3.63, 3.8) is 0 Å². The van der Waals surface area contributed by atoms with Crippen LogP contribution in [0, 0.1) is 0 Å². The van der Waals surface area contributed by atoms with E-state index < -0.39 is 0 Å². The fourth-order valence-electron chi connectivity index (χ4n) is 7.25. The van der Waals surface area contributed by atoms with Crippen LogP contribution in [0.5, 0.6) is 0 Å². The molecule has 0 radical (unpaired) electrons. The Morgan fingerprint density at radius 2 is 0.837 bits per heavy atom. The third-order valence-corrected chi connectivity index (χ3v) is 9.06. The minimum absolute atomic E-state index is 0.987. The van der Waals surface area contributed by atoms with E-state index in [1.165, 1.54) is 54.4 Å². The Morgan fingerprint density at radius 3 is 1.49 bits per heavy atom. The summed E-state index contributed by atoms with van der Waals surface area (Å²) in [5.41, 5.74) is 9.28. The molecule has 0 fully saturated rings. The van der Waals surface area contributed by atoms with E-state index in [0.717, 1.165) is 27.9 Å². The number of aromatic nitrogens is 4. The maximum Gasteiger partial charge on any atom is 0.145 e. The highest BCUT2D eigenvalue weighted by molar-refractivity contribution is 6.22. The van der Waals surface area contributed by atoms with Gasteiger partial charge in [-0.25, -0.2) is 4.98 Å². The molecule has 200 valence electrons. The molecule has 4 heterocycles. The molecule has 0 unspecified atom stereocenters. The van der Waals surface area contributed by atoms with E-state index in [4.69, 9.17) is 4.98 Å². The van der Waals surface area contributed by atoms with Gasteiger partial charge in [0.2, 0.25) is 0 Å². The van der Waals surface area contributed by atoms with Crippen LogP contribution in [0.4, 0.5) is 0 Å². The van der Waals surface area contributed by atoms with E-state index in [2.05, 4.69) is 153 Å². The van der Waals surface area contributed by atoms with Crippen molar-refractivity contribution in [3.8, 4) is 11.4 Å². The van der Waals surface area contributed by atoms with Crippen molar-refractivity contribution in [2.24, 2.45) is 0 Å². The lowest BCUT2D eigenvalue weighted by atomic mass is 10.0. The zero-order valence-electron chi connectivity index (χ0n) is 23.1. The summed E-state index contributed by atoms with van der Waals surface area (Å²) in [4.78, 5) is 4.76. The molecule has 4 aromatic heterocycles. The van der Waals surface area contributed by atoms with Gasteiger partial charge in [0.1, 0.15) is 5.65 Å². The summed E-state index contributed by atoms with van der Waals surface area (Å²) < 4.78 is 7.08. The van der Waals surface area contributed by atoms with Crippen molar-refractivity contribution in [2.75, 3.05) is 0 Å². The van der Waals surface area contributed by atoms with Gasteiger partial charge in [-0.15, -0.1) is 0 Å². The number of pyridine rings is 1. The lowest BCUT2D eigenvalue weighted by Crippen LogP contribution is -1.95. The van der Waals surface area contributed by atoms with Gasteiger partial charge in [0.15, 0.2) is 0 Å². The molecule has 0 aliphatic carbocycles. The minimum Gasteiger partial charge on any atom is -0.309 e. The standard InChI is InChI=1S/C39H24N4/c1-3-11-25(12-4-1)42-34-18-10-9-16-28(34)31-23-38-33(24-36(31)42)32-21-35-30(22-37(32)43(38)26-13-5-2-6-14-26)27-15-7-8-17-29(27)39-40-19-20-41(35)39/h1-24H. The topological polar surface area (TPSA) is 27.2 Å². The number of nitrogens with zero attached hydrogens (tertiary/aromatic N) is 4. The molecule has 0 aliphatic heterocycles. The molecule has 0 bridgehead atoms. The number of hydrogen-bond acceptors (Lipinski definition) is 1. The molecule has 4 nitrogen and oxygen atoms in total. The van der Waals surface area contributed by atoms with E-state index in [9.17, 15) is 0 Å². The lowest BCUT2D eigenvalue weighted by Gasteiger charge is -2.11. The van der Waals surface area contributed by atoms with Crippen molar-refractivity contribution in [1.82, 2.24) is 18.5 Å². The summed E-state index contributed by atoms with van der Waals surface area (Å²) in [5.74, 6) is 0. The van der Waals surface area contributed by atoms with Crippen molar-refractivity contribution < 1.29 is 0 Å². The Hall–Kier alpha value is -5.87. The minimum atomic E-state index is 0.987. The van der Waals surface area contributed by atoms with Crippen LogP contribution in [0.15, 0.2) is 146 Å². The molecular formula is C39H24N4. The number of fused-ring (bicyclic) bond motifs is 12. The largest absolute Gasteiger partial charge is 0.309 e. The number of imidazole rings is 1. The Labute approximate surface area is 246 Å². The zero-order chi connectivity index (χ0) is 28.1. The fraction of sp³-hybridized carbons (Fsp3) is 0. The summed E-state index contributed by atoms with van der Waals surface area (Å²) >= 11 is 0. The van der Waals surface area contributed by atoms with Crippen LogP contribution >= 0.6 is 0 Å². The maximum absolute atomic E-state index is 4.76. The summed E-state index contributed by atoms with van der Waals surface area (Å²) in [6.07, 6.45) is 3.98.